The van der Waals surface area contributed by atoms with Gasteiger partial charge in [0.05, 0.1) is 25.3 Å². The molecule has 1 N–H and O–H groups in total. The average Bonchev–Trinajstić information content (AvgIpc) is 3.10. The van der Waals surface area contributed by atoms with E-state index in [1.165, 1.54) is 30.2 Å². The average molecular weight is 447 g/mol. The fraction of sp³-hybridized carbons (Fsp3) is 0.154. The molecule has 6 nitrogen and oxygen atoms in total. The molecule has 1 heterocycles. The van der Waals surface area contributed by atoms with E-state index in [2.05, 4.69) is 0 Å². The number of ketones is 1. The third-order valence-electron chi connectivity index (χ3n) is 5.43. The van der Waals surface area contributed by atoms with E-state index in [-0.39, 0.29) is 16.9 Å². The summed E-state index contributed by atoms with van der Waals surface area (Å²) < 4.78 is 25.5. The summed E-state index contributed by atoms with van der Waals surface area (Å²) in [6, 6.07) is 17.7. The minimum atomic E-state index is -1.15. The predicted molar refractivity (Wildman–Crippen MR) is 122 cm³/mol. The van der Waals surface area contributed by atoms with Gasteiger partial charge >= 0.3 is 0 Å². The Morgan fingerprint density at radius 1 is 0.970 bits per heavy atom. The Morgan fingerprint density at radius 3 is 2.21 bits per heavy atom. The SMILES string of the molecule is CCOc1ccc(C(O)=C2C(=O)C(=O)N(c3ccc(OC)cc3)C2c2ccccc2F)cc1. The number of methoxy groups -OCH3 is 1. The number of benzene rings is 3. The van der Waals surface area contributed by atoms with E-state index in [9.17, 15) is 19.1 Å². The number of hydrogen-bond acceptors (Lipinski definition) is 5. The lowest BCUT2D eigenvalue weighted by molar-refractivity contribution is -0.132. The molecule has 0 aliphatic carbocycles. The molecule has 0 saturated carbocycles. The fourth-order valence-electron chi connectivity index (χ4n) is 3.86. The highest BCUT2D eigenvalue weighted by Crippen LogP contribution is 2.43. The summed E-state index contributed by atoms with van der Waals surface area (Å²) in [6.45, 7) is 2.33. The standard InChI is InChI=1S/C26H22FNO5/c1-3-33-19-12-8-16(9-13-19)24(29)22-23(20-6-4-5-7-21(20)27)28(26(31)25(22)30)17-10-14-18(32-2)15-11-17/h4-15,23,29H,3H2,1-2H3. The molecule has 168 valence electrons. The molecule has 1 unspecified atom stereocenters. The molecule has 4 rings (SSSR count). The van der Waals surface area contributed by atoms with Gasteiger partial charge in [-0.05, 0) is 61.5 Å². The van der Waals surface area contributed by atoms with Crippen LogP contribution in [0.4, 0.5) is 10.1 Å². The third kappa shape index (κ3) is 4.05. The van der Waals surface area contributed by atoms with Gasteiger partial charge in [-0.2, -0.15) is 0 Å². The Labute approximate surface area is 190 Å². The molecule has 1 aliphatic heterocycles. The highest BCUT2D eigenvalue weighted by Gasteiger charge is 2.47. The van der Waals surface area contributed by atoms with Gasteiger partial charge in [-0.3, -0.25) is 14.5 Å². The van der Waals surface area contributed by atoms with Crippen LogP contribution in [0.3, 0.4) is 0 Å². The number of ether oxygens (including phenoxy) is 2. The molecular formula is C26H22FNO5. The van der Waals surface area contributed by atoms with Crippen molar-refractivity contribution in [1.82, 2.24) is 0 Å². The molecule has 7 heteroatoms. The van der Waals surface area contributed by atoms with Gasteiger partial charge in [-0.25, -0.2) is 4.39 Å². The molecule has 1 aliphatic rings. The summed E-state index contributed by atoms with van der Waals surface area (Å²) in [5, 5.41) is 11.1. The first-order valence-electron chi connectivity index (χ1n) is 10.4. The second kappa shape index (κ2) is 9.16. The first kappa shape index (κ1) is 22.1. The first-order valence-corrected chi connectivity index (χ1v) is 10.4. The van der Waals surface area contributed by atoms with Crippen molar-refractivity contribution < 1.29 is 28.6 Å². The van der Waals surface area contributed by atoms with Crippen LogP contribution in [-0.2, 0) is 9.59 Å². The lowest BCUT2D eigenvalue weighted by Gasteiger charge is -2.25. The van der Waals surface area contributed by atoms with Crippen LogP contribution in [0.5, 0.6) is 11.5 Å². The van der Waals surface area contributed by atoms with E-state index in [1.807, 2.05) is 6.92 Å². The molecule has 1 amide bonds. The Kier molecular flexibility index (Phi) is 6.13. The number of nitrogens with zero attached hydrogens (tertiary/aromatic N) is 1. The van der Waals surface area contributed by atoms with Crippen LogP contribution in [0.15, 0.2) is 78.4 Å². The quantitative estimate of drug-likeness (QED) is 0.332. The number of amides is 1. The maximum atomic E-state index is 14.9. The number of aliphatic hydroxyl groups is 1. The smallest absolute Gasteiger partial charge is 0.300 e. The zero-order valence-electron chi connectivity index (χ0n) is 18.1. The van der Waals surface area contributed by atoms with Crippen LogP contribution in [-0.4, -0.2) is 30.5 Å². The van der Waals surface area contributed by atoms with Crippen molar-refractivity contribution in [3.63, 3.8) is 0 Å². The van der Waals surface area contributed by atoms with Gasteiger partial charge in [0, 0.05) is 16.8 Å². The zero-order valence-corrected chi connectivity index (χ0v) is 18.1. The topological polar surface area (TPSA) is 76.1 Å². The molecule has 33 heavy (non-hydrogen) atoms. The predicted octanol–water partition coefficient (Wildman–Crippen LogP) is 4.86. The van der Waals surface area contributed by atoms with Crippen LogP contribution < -0.4 is 14.4 Å². The normalized spacial score (nSPS) is 17.3. The molecule has 3 aromatic carbocycles. The van der Waals surface area contributed by atoms with Crippen molar-refractivity contribution in [3.8, 4) is 11.5 Å². The first-order chi connectivity index (χ1) is 16.0. The van der Waals surface area contributed by atoms with Gasteiger partial charge in [0.2, 0.25) is 0 Å². The van der Waals surface area contributed by atoms with Gasteiger partial charge in [0.1, 0.15) is 23.1 Å². The molecule has 1 atom stereocenters. The summed E-state index contributed by atoms with van der Waals surface area (Å²) in [4.78, 5) is 27.4. The number of anilines is 1. The van der Waals surface area contributed by atoms with Gasteiger partial charge in [0.15, 0.2) is 0 Å². The molecule has 0 spiro atoms. The van der Waals surface area contributed by atoms with Crippen molar-refractivity contribution in [3.05, 3.63) is 95.3 Å². The third-order valence-corrected chi connectivity index (χ3v) is 5.43. The maximum Gasteiger partial charge on any atom is 0.300 e. The number of rotatable bonds is 6. The molecule has 0 bridgehead atoms. The van der Waals surface area contributed by atoms with Crippen LogP contribution >= 0.6 is 0 Å². The van der Waals surface area contributed by atoms with Crippen molar-refractivity contribution in [1.29, 1.82) is 0 Å². The number of carbonyl (C=O) groups is 2. The number of hydrogen-bond donors (Lipinski definition) is 1. The van der Waals surface area contributed by atoms with E-state index >= 15 is 0 Å². The molecule has 0 aromatic heterocycles. The molecule has 1 fully saturated rings. The van der Waals surface area contributed by atoms with Gasteiger partial charge in [-0.15, -0.1) is 0 Å². The van der Waals surface area contributed by atoms with E-state index in [4.69, 9.17) is 9.47 Å². The molecule has 3 aromatic rings. The van der Waals surface area contributed by atoms with Crippen LogP contribution in [0.25, 0.3) is 5.76 Å². The number of carbonyl (C=O) groups excluding carboxylic acids is 2. The van der Waals surface area contributed by atoms with Crippen molar-refractivity contribution >= 4 is 23.1 Å². The monoisotopic (exact) mass is 447 g/mol. The minimum absolute atomic E-state index is 0.0972. The molecule has 1 saturated heterocycles. The van der Waals surface area contributed by atoms with Crippen molar-refractivity contribution in [2.45, 2.75) is 13.0 Å². The van der Waals surface area contributed by atoms with Crippen LogP contribution in [0.2, 0.25) is 0 Å². The van der Waals surface area contributed by atoms with E-state index in [0.29, 0.717) is 29.4 Å². The molecular weight excluding hydrogens is 425 g/mol. The minimum Gasteiger partial charge on any atom is -0.507 e. The second-order valence-electron chi connectivity index (χ2n) is 7.35. The Bertz CT molecular complexity index is 1220. The summed E-state index contributed by atoms with van der Waals surface area (Å²) in [5.74, 6) is -1.59. The number of Topliss-reactive ketones (excluding diaryl/α,β-unsaturated/α-hetero) is 1. The Morgan fingerprint density at radius 2 is 1.61 bits per heavy atom. The lowest BCUT2D eigenvalue weighted by atomic mass is 9.94. The second-order valence-corrected chi connectivity index (χ2v) is 7.35. The summed E-state index contributed by atoms with van der Waals surface area (Å²) >= 11 is 0. The van der Waals surface area contributed by atoms with E-state index < -0.39 is 23.5 Å². The highest BCUT2D eigenvalue weighted by atomic mass is 19.1. The number of aliphatic hydroxyl groups excluding tert-OH is 1. The van der Waals surface area contributed by atoms with Crippen LogP contribution in [0, 0.1) is 5.82 Å². The van der Waals surface area contributed by atoms with Crippen LogP contribution in [0.1, 0.15) is 24.1 Å². The van der Waals surface area contributed by atoms with Gasteiger partial charge < -0.3 is 14.6 Å². The molecule has 0 radical (unpaired) electrons. The summed E-state index contributed by atoms with van der Waals surface area (Å²) in [6.07, 6.45) is 0. The fourth-order valence-corrected chi connectivity index (χ4v) is 3.86. The zero-order chi connectivity index (χ0) is 23.5. The highest BCUT2D eigenvalue weighted by molar-refractivity contribution is 6.51. The largest absolute Gasteiger partial charge is 0.507 e. The van der Waals surface area contributed by atoms with Crippen molar-refractivity contribution in [2.24, 2.45) is 0 Å². The summed E-state index contributed by atoms with van der Waals surface area (Å²) in [5.41, 5.74) is 0.592. The Balaban J connectivity index is 1.89. The number of halogens is 1. The lowest BCUT2D eigenvalue weighted by Crippen LogP contribution is -2.29. The maximum absolute atomic E-state index is 14.9. The summed E-state index contributed by atoms with van der Waals surface area (Å²) in [7, 11) is 1.51. The Hall–Kier alpha value is -4.13. The van der Waals surface area contributed by atoms with Gasteiger partial charge in [-0.1, -0.05) is 18.2 Å². The van der Waals surface area contributed by atoms with Crippen molar-refractivity contribution in [2.75, 3.05) is 18.6 Å². The van der Waals surface area contributed by atoms with E-state index in [0.717, 1.165) is 0 Å². The van der Waals surface area contributed by atoms with Gasteiger partial charge in [0.25, 0.3) is 11.7 Å². The van der Waals surface area contributed by atoms with E-state index in [1.54, 1.807) is 54.6 Å².